The number of rotatable bonds is 1. The monoisotopic (exact) mass is 303 g/mol. The minimum atomic E-state index is -0.212. The summed E-state index contributed by atoms with van der Waals surface area (Å²) in [7, 11) is 1.75. The molecule has 1 aromatic heterocycles. The van der Waals surface area contributed by atoms with E-state index in [4.69, 9.17) is 11.6 Å². The van der Waals surface area contributed by atoms with Crippen molar-refractivity contribution in [2.45, 2.75) is 6.54 Å². The van der Waals surface area contributed by atoms with Gasteiger partial charge in [0.25, 0.3) is 5.91 Å². The Bertz CT molecular complexity index is 723. The van der Waals surface area contributed by atoms with Crippen molar-refractivity contribution in [2.24, 2.45) is 7.05 Å². The first kappa shape index (κ1) is 13.7. The number of halogens is 1. The Labute approximate surface area is 127 Å². The van der Waals surface area contributed by atoms with Crippen molar-refractivity contribution in [1.29, 1.82) is 0 Å². The molecular weight excluding hydrogens is 290 g/mol. The van der Waals surface area contributed by atoms with Gasteiger partial charge in [-0.3, -0.25) is 9.59 Å². The van der Waals surface area contributed by atoms with E-state index >= 15 is 0 Å². The van der Waals surface area contributed by atoms with E-state index in [1.165, 1.54) is 4.90 Å². The van der Waals surface area contributed by atoms with Crippen LogP contribution in [0.15, 0.2) is 36.5 Å². The van der Waals surface area contributed by atoms with Crippen molar-refractivity contribution < 1.29 is 9.59 Å². The van der Waals surface area contributed by atoms with Gasteiger partial charge in [-0.15, -0.1) is 0 Å². The van der Waals surface area contributed by atoms with E-state index in [0.29, 0.717) is 17.3 Å². The molecule has 0 saturated heterocycles. The molecule has 0 atom stereocenters. The number of aromatic nitrogens is 1. The first-order valence-electron chi connectivity index (χ1n) is 6.53. The smallest absolute Gasteiger partial charge is 0.271 e. The van der Waals surface area contributed by atoms with Gasteiger partial charge in [0.15, 0.2) is 0 Å². The highest BCUT2D eigenvalue weighted by molar-refractivity contribution is 6.31. The normalized spacial score (nSPS) is 14.4. The second-order valence-electron chi connectivity index (χ2n) is 5.02. The summed E-state index contributed by atoms with van der Waals surface area (Å²) in [6.45, 7) is 0.410. The third-order valence-corrected chi connectivity index (χ3v) is 3.67. The lowest BCUT2D eigenvalue weighted by atomic mass is 10.1. The van der Waals surface area contributed by atoms with E-state index in [-0.39, 0.29) is 18.4 Å². The molecule has 2 amide bonds. The van der Waals surface area contributed by atoms with Crippen molar-refractivity contribution >= 4 is 29.1 Å². The molecule has 0 spiro atoms. The van der Waals surface area contributed by atoms with Crippen LogP contribution < -0.4 is 5.32 Å². The number of aryl methyl sites for hydroxylation is 1. The number of nitrogens with zero attached hydrogens (tertiary/aromatic N) is 2. The SMILES string of the molecule is Cn1cc(Cl)cc1C(=O)N1CC(=O)Nc2ccccc2C1. The van der Waals surface area contributed by atoms with Gasteiger partial charge in [-0.2, -0.15) is 0 Å². The van der Waals surface area contributed by atoms with Crippen LogP contribution in [-0.2, 0) is 18.4 Å². The summed E-state index contributed by atoms with van der Waals surface area (Å²) in [5, 5.41) is 3.31. The van der Waals surface area contributed by atoms with Crippen LogP contribution in [0, 0.1) is 0 Å². The quantitative estimate of drug-likeness (QED) is 0.878. The fourth-order valence-corrected chi connectivity index (χ4v) is 2.70. The van der Waals surface area contributed by atoms with Gasteiger partial charge >= 0.3 is 0 Å². The molecule has 1 aliphatic rings. The van der Waals surface area contributed by atoms with Crippen molar-refractivity contribution in [1.82, 2.24) is 9.47 Å². The largest absolute Gasteiger partial charge is 0.345 e. The predicted molar refractivity (Wildman–Crippen MR) is 80.2 cm³/mol. The van der Waals surface area contributed by atoms with Crippen molar-refractivity contribution in [3.05, 3.63) is 52.8 Å². The Kier molecular flexibility index (Phi) is 3.43. The van der Waals surface area contributed by atoms with Crippen LogP contribution in [0.3, 0.4) is 0 Å². The maximum atomic E-state index is 12.6. The number of fused-ring (bicyclic) bond motifs is 1. The Hall–Kier alpha value is -2.27. The average molecular weight is 304 g/mol. The molecule has 0 fully saturated rings. The number of carbonyl (C=O) groups is 2. The third-order valence-electron chi connectivity index (χ3n) is 3.47. The molecule has 1 aliphatic heterocycles. The van der Waals surface area contributed by atoms with Gasteiger partial charge in [-0.1, -0.05) is 29.8 Å². The summed E-state index contributed by atoms with van der Waals surface area (Å²) in [4.78, 5) is 26.1. The number of nitrogens with one attached hydrogen (secondary N) is 1. The standard InChI is InChI=1S/C15H14ClN3O2/c1-18-8-11(16)6-13(18)15(21)19-7-10-4-2-3-5-12(10)17-14(20)9-19/h2-6,8H,7,9H2,1H3,(H,17,20). The summed E-state index contributed by atoms with van der Waals surface area (Å²) in [5.41, 5.74) is 2.13. The minimum absolute atomic E-state index is 0.0241. The molecule has 2 aromatic rings. The zero-order chi connectivity index (χ0) is 15.0. The summed E-state index contributed by atoms with van der Waals surface area (Å²) < 4.78 is 1.67. The zero-order valence-electron chi connectivity index (χ0n) is 11.5. The lowest BCUT2D eigenvalue weighted by molar-refractivity contribution is -0.116. The number of carbonyl (C=O) groups excluding carboxylic acids is 2. The summed E-state index contributed by atoms with van der Waals surface area (Å²) in [6.07, 6.45) is 1.67. The van der Waals surface area contributed by atoms with Crippen LogP contribution in [0.4, 0.5) is 5.69 Å². The van der Waals surface area contributed by atoms with E-state index in [1.807, 2.05) is 24.3 Å². The summed E-state index contributed by atoms with van der Waals surface area (Å²) in [5.74, 6) is -0.412. The van der Waals surface area contributed by atoms with Crippen LogP contribution in [0.25, 0.3) is 0 Å². The molecular formula is C15H14ClN3O2. The van der Waals surface area contributed by atoms with Crippen molar-refractivity contribution in [3.8, 4) is 0 Å². The molecule has 1 aromatic carbocycles. The topological polar surface area (TPSA) is 54.3 Å². The molecule has 0 radical (unpaired) electrons. The highest BCUT2D eigenvalue weighted by atomic mass is 35.5. The van der Waals surface area contributed by atoms with Crippen LogP contribution in [0.2, 0.25) is 5.02 Å². The Morgan fingerprint density at radius 3 is 2.76 bits per heavy atom. The van der Waals surface area contributed by atoms with Crippen molar-refractivity contribution in [3.63, 3.8) is 0 Å². The minimum Gasteiger partial charge on any atom is -0.345 e. The lowest BCUT2D eigenvalue weighted by Gasteiger charge is -2.19. The Balaban J connectivity index is 1.94. The maximum Gasteiger partial charge on any atom is 0.271 e. The first-order chi connectivity index (χ1) is 10.0. The second-order valence-corrected chi connectivity index (χ2v) is 5.46. The first-order valence-corrected chi connectivity index (χ1v) is 6.91. The van der Waals surface area contributed by atoms with Gasteiger partial charge in [0.2, 0.25) is 5.91 Å². The third kappa shape index (κ3) is 2.64. The lowest BCUT2D eigenvalue weighted by Crippen LogP contribution is -2.36. The van der Waals surface area contributed by atoms with Crippen molar-refractivity contribution in [2.75, 3.05) is 11.9 Å². The van der Waals surface area contributed by atoms with Crippen LogP contribution in [0.5, 0.6) is 0 Å². The van der Waals surface area contributed by atoms with E-state index in [1.54, 1.807) is 23.9 Å². The number of para-hydroxylation sites is 1. The molecule has 1 N–H and O–H groups in total. The predicted octanol–water partition coefficient (Wildman–Crippen LogP) is 2.27. The Morgan fingerprint density at radius 2 is 2.05 bits per heavy atom. The molecule has 0 unspecified atom stereocenters. The van der Waals surface area contributed by atoms with E-state index < -0.39 is 0 Å². The van der Waals surface area contributed by atoms with E-state index in [2.05, 4.69) is 5.32 Å². The molecule has 5 nitrogen and oxygen atoms in total. The highest BCUT2D eigenvalue weighted by Gasteiger charge is 2.25. The van der Waals surface area contributed by atoms with E-state index in [9.17, 15) is 9.59 Å². The van der Waals surface area contributed by atoms with Gasteiger partial charge in [-0.25, -0.2) is 0 Å². The van der Waals surface area contributed by atoms with E-state index in [0.717, 1.165) is 11.3 Å². The zero-order valence-corrected chi connectivity index (χ0v) is 12.2. The van der Waals surface area contributed by atoms with Gasteiger partial charge in [-0.05, 0) is 17.7 Å². The maximum absolute atomic E-state index is 12.6. The summed E-state index contributed by atoms with van der Waals surface area (Å²) >= 11 is 5.92. The Morgan fingerprint density at radius 1 is 1.29 bits per heavy atom. The molecule has 0 aliphatic carbocycles. The summed E-state index contributed by atoms with van der Waals surface area (Å²) in [6, 6.07) is 9.09. The number of hydrogen-bond donors (Lipinski definition) is 1. The van der Waals surface area contributed by atoms with Gasteiger partial charge in [0.05, 0.1) is 5.02 Å². The van der Waals surface area contributed by atoms with Gasteiger partial charge < -0.3 is 14.8 Å². The molecule has 0 bridgehead atoms. The van der Waals surface area contributed by atoms with Gasteiger partial charge in [0.1, 0.15) is 12.2 Å². The second kappa shape index (κ2) is 5.26. The van der Waals surface area contributed by atoms with Gasteiger partial charge in [0, 0.05) is 25.5 Å². The molecule has 2 heterocycles. The average Bonchev–Trinajstić information content (AvgIpc) is 2.68. The molecule has 0 saturated carbocycles. The van der Waals surface area contributed by atoms with Crippen LogP contribution >= 0.6 is 11.6 Å². The highest BCUT2D eigenvalue weighted by Crippen LogP contribution is 2.22. The number of anilines is 1. The fraction of sp³-hybridized carbons (Fsp3) is 0.200. The molecule has 108 valence electrons. The van der Waals surface area contributed by atoms with Crippen LogP contribution in [-0.4, -0.2) is 27.8 Å². The number of benzene rings is 1. The fourth-order valence-electron chi connectivity index (χ4n) is 2.45. The molecule has 3 rings (SSSR count). The molecule has 21 heavy (non-hydrogen) atoms. The number of amides is 2. The van der Waals surface area contributed by atoms with Crippen LogP contribution in [0.1, 0.15) is 16.1 Å². The molecule has 6 heteroatoms. The number of hydrogen-bond acceptors (Lipinski definition) is 2.